The van der Waals surface area contributed by atoms with Crippen LogP contribution in [-0.2, 0) is 17.3 Å². The summed E-state index contributed by atoms with van der Waals surface area (Å²) in [5.74, 6) is 0. The molecule has 5 heteroatoms. The van der Waals surface area contributed by atoms with Gasteiger partial charge in [0.1, 0.15) is 6.10 Å². The first kappa shape index (κ1) is 20.1. The highest BCUT2D eigenvalue weighted by atomic mass is 28.4. The van der Waals surface area contributed by atoms with Crippen LogP contribution in [0.25, 0.3) is 0 Å². The fourth-order valence-corrected chi connectivity index (χ4v) is 9.06. The Morgan fingerprint density at radius 1 is 0.963 bits per heavy atom. The Kier molecular flexibility index (Phi) is 5.55. The zero-order valence-corrected chi connectivity index (χ0v) is 17.1. The molecule has 0 saturated heterocycles. The van der Waals surface area contributed by atoms with E-state index in [1.807, 2.05) is 51.1 Å². The molecule has 3 rings (SSSR count). The Morgan fingerprint density at radius 3 is 2.22 bits per heavy atom. The summed E-state index contributed by atoms with van der Waals surface area (Å²) in [4.78, 5) is 0. The standard InChI is InChI=1S/C22H27F3OSi/c1-21(2,3)27(15-9-13-18-12-7-8-14-19(18)27)26-20(22(23,24)25)16-17-10-5-4-6-11-17/h4-8,10-12,14,20H,9,13,15-16H2,1-3H3/t20-,27+/m1/s1. The first-order chi connectivity index (χ1) is 12.6. The van der Waals surface area contributed by atoms with E-state index in [0.29, 0.717) is 5.56 Å². The highest BCUT2D eigenvalue weighted by molar-refractivity contribution is 6.89. The molecular formula is C22H27F3OSi. The van der Waals surface area contributed by atoms with Gasteiger partial charge in [-0.1, -0.05) is 75.4 Å². The lowest BCUT2D eigenvalue weighted by Gasteiger charge is -2.48. The fraction of sp³-hybridized carbons (Fsp3) is 0.455. The molecule has 0 fully saturated rings. The summed E-state index contributed by atoms with van der Waals surface area (Å²) in [6.07, 6.45) is -4.52. The van der Waals surface area contributed by atoms with Gasteiger partial charge in [-0.2, -0.15) is 13.2 Å². The first-order valence-corrected chi connectivity index (χ1v) is 11.6. The van der Waals surface area contributed by atoms with Gasteiger partial charge in [0.15, 0.2) is 0 Å². The molecule has 2 aromatic carbocycles. The minimum absolute atomic E-state index is 0.142. The zero-order valence-electron chi connectivity index (χ0n) is 16.1. The van der Waals surface area contributed by atoms with Gasteiger partial charge >= 0.3 is 6.18 Å². The van der Waals surface area contributed by atoms with Crippen molar-refractivity contribution in [3.63, 3.8) is 0 Å². The van der Waals surface area contributed by atoms with Crippen molar-refractivity contribution >= 4 is 13.5 Å². The van der Waals surface area contributed by atoms with Crippen molar-refractivity contribution < 1.29 is 17.6 Å². The van der Waals surface area contributed by atoms with Crippen molar-refractivity contribution in [2.45, 2.75) is 63.4 Å². The molecule has 2 atom stereocenters. The van der Waals surface area contributed by atoms with E-state index in [4.69, 9.17) is 4.43 Å². The third kappa shape index (κ3) is 4.14. The Bertz CT molecular complexity index is 767. The average Bonchev–Trinajstić information content (AvgIpc) is 2.60. The lowest BCUT2D eigenvalue weighted by atomic mass is 10.1. The number of aryl methyl sites for hydroxylation is 1. The summed E-state index contributed by atoms with van der Waals surface area (Å²) in [5.41, 5.74) is 1.81. The van der Waals surface area contributed by atoms with Gasteiger partial charge < -0.3 is 4.43 Å². The van der Waals surface area contributed by atoms with E-state index < -0.39 is 20.6 Å². The van der Waals surface area contributed by atoms with E-state index in [-0.39, 0.29) is 11.5 Å². The number of fused-ring (bicyclic) bond motifs is 1. The Morgan fingerprint density at radius 2 is 1.59 bits per heavy atom. The first-order valence-electron chi connectivity index (χ1n) is 9.50. The van der Waals surface area contributed by atoms with Crippen LogP contribution in [0.4, 0.5) is 13.2 Å². The van der Waals surface area contributed by atoms with Gasteiger partial charge in [0, 0.05) is 6.42 Å². The predicted molar refractivity (Wildman–Crippen MR) is 106 cm³/mol. The largest absolute Gasteiger partial charge is 0.413 e. The summed E-state index contributed by atoms with van der Waals surface area (Å²) in [5, 5.41) is 0.718. The summed E-state index contributed by atoms with van der Waals surface area (Å²) in [6.45, 7) is 6.12. The molecule has 2 aromatic rings. The van der Waals surface area contributed by atoms with Gasteiger partial charge in [0.05, 0.1) is 0 Å². The molecule has 0 spiro atoms. The van der Waals surface area contributed by atoms with Crippen molar-refractivity contribution in [1.29, 1.82) is 0 Å². The van der Waals surface area contributed by atoms with Crippen LogP contribution in [0.15, 0.2) is 54.6 Å². The van der Waals surface area contributed by atoms with Crippen molar-refractivity contribution in [3.05, 3.63) is 65.7 Å². The van der Waals surface area contributed by atoms with Crippen molar-refractivity contribution in [3.8, 4) is 0 Å². The quantitative estimate of drug-likeness (QED) is 0.600. The molecule has 0 aliphatic carbocycles. The van der Waals surface area contributed by atoms with Gasteiger partial charge in [-0.25, -0.2) is 0 Å². The summed E-state index contributed by atoms with van der Waals surface area (Å²) in [6, 6.07) is 17.5. The van der Waals surface area contributed by atoms with Gasteiger partial charge in [-0.15, -0.1) is 0 Å². The van der Waals surface area contributed by atoms with Crippen LogP contribution in [0, 0.1) is 0 Å². The zero-order chi connectivity index (χ0) is 19.7. The molecular weight excluding hydrogens is 365 g/mol. The van der Waals surface area contributed by atoms with E-state index in [1.165, 1.54) is 0 Å². The molecule has 146 valence electrons. The molecule has 1 aliphatic heterocycles. The molecule has 0 bridgehead atoms. The number of alkyl halides is 3. The average molecular weight is 393 g/mol. The maximum atomic E-state index is 14.0. The molecule has 1 heterocycles. The smallest absolute Gasteiger partial charge is 0.400 e. The van der Waals surface area contributed by atoms with Crippen LogP contribution >= 0.6 is 0 Å². The second-order valence-electron chi connectivity index (χ2n) is 8.43. The highest BCUT2D eigenvalue weighted by Gasteiger charge is 2.55. The van der Waals surface area contributed by atoms with Gasteiger partial charge in [-0.05, 0) is 40.2 Å². The lowest BCUT2D eigenvalue weighted by molar-refractivity contribution is -0.197. The summed E-state index contributed by atoms with van der Waals surface area (Å²) >= 11 is 0. The van der Waals surface area contributed by atoms with Gasteiger partial charge in [-0.3, -0.25) is 0 Å². The maximum absolute atomic E-state index is 14.0. The number of benzene rings is 2. The Labute approximate surface area is 160 Å². The molecule has 0 radical (unpaired) electrons. The second kappa shape index (κ2) is 7.44. The van der Waals surface area contributed by atoms with Crippen molar-refractivity contribution in [2.24, 2.45) is 0 Å². The van der Waals surface area contributed by atoms with E-state index in [1.54, 1.807) is 24.3 Å². The molecule has 1 nitrogen and oxygen atoms in total. The van der Waals surface area contributed by atoms with Crippen LogP contribution in [0.2, 0.25) is 11.1 Å². The van der Waals surface area contributed by atoms with E-state index in [0.717, 1.165) is 29.6 Å². The number of hydrogen-bond acceptors (Lipinski definition) is 1. The monoisotopic (exact) mass is 392 g/mol. The molecule has 1 aliphatic rings. The molecule has 0 saturated carbocycles. The van der Waals surface area contributed by atoms with Crippen LogP contribution < -0.4 is 5.19 Å². The highest BCUT2D eigenvalue weighted by Crippen LogP contribution is 2.45. The number of hydrogen-bond donors (Lipinski definition) is 0. The Balaban J connectivity index is 2.03. The SMILES string of the molecule is CC(C)(C)[Si@]1(O[C@H](Cc2ccccc2)C(F)(F)F)CCCc2ccccc21. The summed E-state index contributed by atoms with van der Waals surface area (Å²) < 4.78 is 48.2. The maximum Gasteiger partial charge on any atom is 0.413 e. The number of halogens is 3. The topological polar surface area (TPSA) is 9.23 Å². The third-order valence-electron chi connectivity index (χ3n) is 5.61. The van der Waals surface area contributed by atoms with E-state index >= 15 is 0 Å². The fourth-order valence-electron chi connectivity index (χ4n) is 4.17. The van der Waals surface area contributed by atoms with Gasteiger partial charge in [0.25, 0.3) is 0 Å². The minimum atomic E-state index is -4.40. The second-order valence-corrected chi connectivity index (χ2v) is 12.9. The Hall–Kier alpha value is -1.59. The molecule has 0 N–H and O–H groups in total. The van der Waals surface area contributed by atoms with Crippen LogP contribution in [0.1, 0.15) is 38.3 Å². The van der Waals surface area contributed by atoms with Gasteiger partial charge in [0.2, 0.25) is 8.32 Å². The normalized spacial score (nSPS) is 21.6. The summed E-state index contributed by atoms with van der Waals surface area (Å²) in [7, 11) is -2.85. The third-order valence-corrected chi connectivity index (χ3v) is 11.1. The predicted octanol–water partition coefficient (Wildman–Crippen LogP) is 5.78. The minimum Gasteiger partial charge on any atom is -0.400 e. The van der Waals surface area contributed by atoms with Crippen molar-refractivity contribution in [1.82, 2.24) is 0 Å². The van der Waals surface area contributed by atoms with E-state index in [9.17, 15) is 13.2 Å². The molecule has 0 aromatic heterocycles. The van der Waals surface area contributed by atoms with Crippen molar-refractivity contribution in [2.75, 3.05) is 0 Å². The van der Waals surface area contributed by atoms with Crippen LogP contribution in [0.3, 0.4) is 0 Å². The molecule has 27 heavy (non-hydrogen) atoms. The lowest BCUT2D eigenvalue weighted by Crippen LogP contribution is -2.63. The van der Waals surface area contributed by atoms with E-state index in [2.05, 4.69) is 0 Å². The molecule has 0 unspecified atom stereocenters. The number of rotatable bonds is 4. The van der Waals surface area contributed by atoms with Crippen LogP contribution in [-0.4, -0.2) is 20.6 Å². The molecule has 0 amide bonds. The van der Waals surface area contributed by atoms with Crippen LogP contribution in [0.5, 0.6) is 0 Å².